The second-order valence-corrected chi connectivity index (χ2v) is 13.9. The molecular formula is C39H37N2O3+. The van der Waals surface area contributed by atoms with Gasteiger partial charge in [-0.05, 0) is 48.9 Å². The number of hydrogen-bond acceptors (Lipinski definition) is 4. The fraction of sp³-hybridized carbons (Fsp3) is 0.282. The number of benzene rings is 5. The predicted octanol–water partition coefficient (Wildman–Crippen LogP) is 6.42. The summed E-state index contributed by atoms with van der Waals surface area (Å²) in [5.74, 6) is 1.68. The van der Waals surface area contributed by atoms with E-state index in [1.165, 1.54) is 61.6 Å². The van der Waals surface area contributed by atoms with E-state index in [1.54, 1.807) is 0 Å². The van der Waals surface area contributed by atoms with Gasteiger partial charge < -0.3 is 14.4 Å². The number of hydrogen-bond donors (Lipinski definition) is 0. The normalized spacial score (nSPS) is 17.0. The van der Waals surface area contributed by atoms with Gasteiger partial charge in [0.25, 0.3) is 0 Å². The van der Waals surface area contributed by atoms with E-state index < -0.39 is 0 Å². The van der Waals surface area contributed by atoms with Crippen LogP contribution in [0.5, 0.6) is 11.5 Å². The summed E-state index contributed by atoms with van der Waals surface area (Å²) in [4.78, 5) is 14.4. The minimum atomic E-state index is -0.316. The highest BCUT2D eigenvalue weighted by Gasteiger charge is 2.45. The van der Waals surface area contributed by atoms with Gasteiger partial charge in [-0.1, -0.05) is 68.4 Å². The van der Waals surface area contributed by atoms with Crippen LogP contribution in [0, 0.1) is 0 Å². The maximum absolute atomic E-state index is 12.0. The number of nitrogens with zero attached hydrogens (tertiary/aromatic N) is 2. The first-order valence-electron chi connectivity index (χ1n) is 15.4. The second kappa shape index (κ2) is 9.18. The van der Waals surface area contributed by atoms with Crippen molar-refractivity contribution in [3.63, 3.8) is 0 Å². The van der Waals surface area contributed by atoms with Crippen molar-refractivity contribution in [2.45, 2.75) is 45.1 Å². The van der Waals surface area contributed by atoms with Gasteiger partial charge in [0, 0.05) is 46.3 Å². The minimum absolute atomic E-state index is 0.0541. The zero-order valence-corrected chi connectivity index (χ0v) is 26.2. The molecule has 3 aliphatic rings. The maximum Gasteiger partial charge on any atom is 0.337 e. The molecule has 5 aromatic carbocycles. The Balaban J connectivity index is 1.43. The Labute approximate surface area is 257 Å². The van der Waals surface area contributed by atoms with Gasteiger partial charge in [0.05, 0.1) is 34.7 Å². The Bertz CT molecular complexity index is 2190. The van der Waals surface area contributed by atoms with Crippen molar-refractivity contribution in [3.8, 4) is 11.5 Å². The summed E-state index contributed by atoms with van der Waals surface area (Å²) >= 11 is 0. The molecule has 0 atom stereocenters. The molecule has 0 fully saturated rings. The third-order valence-corrected chi connectivity index (χ3v) is 9.87. The standard InChI is InChI=1S/C39H37N2O3/c1-38(2)21-40(5)33-27-13-9-7-11-25(27)29-19-30-26-12-8-10-14-28(26)34-32(36(30)44-35(29)31(33)38)39(3,4)22-41(34)20-23-15-17-24(18-16-23)37(42)43-6/h7-19H,20-22H2,1-6H3/q+1. The first-order valence-corrected chi connectivity index (χ1v) is 15.4. The van der Waals surface area contributed by atoms with E-state index in [0.717, 1.165) is 36.7 Å². The van der Waals surface area contributed by atoms with Crippen molar-refractivity contribution in [3.05, 3.63) is 111 Å². The SMILES string of the molecule is COC(=O)c1ccc(C[N+]2=c3c(c4c(c5ccccc35)=Cc3c(c5c(c6ccccc36)N(C)CC5(C)C)O4)C(C)(C)C2)cc1. The molecule has 0 spiro atoms. The summed E-state index contributed by atoms with van der Waals surface area (Å²) in [7, 11) is 3.62. The Morgan fingerprint density at radius 3 is 2.20 bits per heavy atom. The van der Waals surface area contributed by atoms with Crippen molar-refractivity contribution in [1.82, 2.24) is 4.58 Å². The van der Waals surface area contributed by atoms with Crippen LogP contribution in [-0.4, -0.2) is 33.2 Å². The van der Waals surface area contributed by atoms with Crippen LogP contribution >= 0.6 is 0 Å². The van der Waals surface area contributed by atoms with E-state index in [1.807, 2.05) is 24.3 Å². The highest BCUT2D eigenvalue weighted by atomic mass is 16.5. The lowest BCUT2D eigenvalue weighted by molar-refractivity contribution is 0.0600. The number of likely N-dealkylation sites (N-methyl/N-ethyl adjacent to an activating group) is 1. The van der Waals surface area contributed by atoms with E-state index in [4.69, 9.17) is 9.47 Å². The van der Waals surface area contributed by atoms with Crippen molar-refractivity contribution >= 4 is 39.3 Å². The van der Waals surface area contributed by atoms with Crippen molar-refractivity contribution in [2.75, 3.05) is 32.1 Å². The number of rotatable bonds is 3. The van der Waals surface area contributed by atoms with Gasteiger partial charge in [0.1, 0.15) is 11.5 Å². The van der Waals surface area contributed by atoms with E-state index in [2.05, 4.69) is 98.8 Å². The van der Waals surface area contributed by atoms with Crippen LogP contribution in [0.1, 0.15) is 60.3 Å². The Hall–Kier alpha value is -4.64. The Morgan fingerprint density at radius 1 is 0.841 bits per heavy atom. The van der Waals surface area contributed by atoms with Crippen molar-refractivity contribution in [2.24, 2.45) is 0 Å². The lowest BCUT2D eigenvalue weighted by atomic mass is 9.81. The van der Waals surface area contributed by atoms with Crippen molar-refractivity contribution in [1.29, 1.82) is 0 Å². The van der Waals surface area contributed by atoms with Gasteiger partial charge >= 0.3 is 5.97 Å². The molecule has 8 rings (SSSR count). The quantitative estimate of drug-likeness (QED) is 0.179. The third kappa shape index (κ3) is 3.71. The Kier molecular flexibility index (Phi) is 5.62. The lowest BCUT2D eigenvalue weighted by Gasteiger charge is -2.28. The fourth-order valence-corrected chi connectivity index (χ4v) is 8.18. The molecule has 5 heteroatoms. The largest absolute Gasteiger partial charge is 0.465 e. The predicted molar refractivity (Wildman–Crippen MR) is 178 cm³/mol. The summed E-state index contributed by atoms with van der Waals surface area (Å²) in [6.45, 7) is 11.9. The van der Waals surface area contributed by atoms with Crippen LogP contribution in [0.4, 0.5) is 5.69 Å². The minimum Gasteiger partial charge on any atom is -0.465 e. The molecule has 0 amide bonds. The van der Waals surface area contributed by atoms with Crippen LogP contribution in [0.3, 0.4) is 0 Å². The molecule has 44 heavy (non-hydrogen) atoms. The van der Waals surface area contributed by atoms with Crippen LogP contribution in [0.25, 0.3) is 27.6 Å². The molecule has 5 aromatic rings. The van der Waals surface area contributed by atoms with Crippen LogP contribution in [-0.2, 0) is 22.1 Å². The zero-order chi connectivity index (χ0) is 30.5. The fourth-order valence-electron chi connectivity index (χ4n) is 8.18. The number of anilines is 1. The number of ether oxygens (including phenoxy) is 2. The molecule has 0 N–H and O–H groups in total. The van der Waals surface area contributed by atoms with E-state index in [9.17, 15) is 4.79 Å². The average Bonchev–Trinajstić information content (AvgIpc) is 3.43. The number of carbonyl (C=O) groups excluding carboxylic acids is 1. The molecule has 0 saturated carbocycles. The maximum atomic E-state index is 12.0. The summed E-state index contributed by atoms with van der Waals surface area (Å²) in [5, 5.41) is 7.37. The molecule has 220 valence electrons. The summed E-state index contributed by atoms with van der Waals surface area (Å²) in [5.41, 5.74) is 6.55. The van der Waals surface area contributed by atoms with Gasteiger partial charge in [-0.25, -0.2) is 9.37 Å². The number of methoxy groups -OCH3 is 1. The molecule has 0 saturated heterocycles. The van der Waals surface area contributed by atoms with Gasteiger partial charge in [0.2, 0.25) is 5.36 Å². The first-order chi connectivity index (χ1) is 21.1. The molecular weight excluding hydrogens is 544 g/mol. The smallest absolute Gasteiger partial charge is 0.337 e. The van der Waals surface area contributed by atoms with Gasteiger partial charge in [-0.15, -0.1) is 0 Å². The molecule has 3 heterocycles. The van der Waals surface area contributed by atoms with Crippen molar-refractivity contribution < 1.29 is 14.3 Å². The molecule has 0 radical (unpaired) electrons. The number of esters is 1. The van der Waals surface area contributed by atoms with E-state index >= 15 is 0 Å². The second-order valence-electron chi connectivity index (χ2n) is 13.9. The summed E-state index contributed by atoms with van der Waals surface area (Å²) < 4.78 is 14.7. The molecule has 0 aliphatic carbocycles. The summed E-state index contributed by atoms with van der Waals surface area (Å²) in [6.07, 6.45) is 2.40. The van der Waals surface area contributed by atoms with E-state index in [0.29, 0.717) is 5.56 Å². The van der Waals surface area contributed by atoms with Gasteiger partial charge in [-0.2, -0.15) is 0 Å². The van der Waals surface area contributed by atoms with Crippen LogP contribution in [0.2, 0.25) is 0 Å². The molecule has 0 unspecified atom stereocenters. The highest BCUT2D eigenvalue weighted by molar-refractivity contribution is 6.06. The molecule has 0 bridgehead atoms. The molecule has 0 aromatic heterocycles. The third-order valence-electron chi connectivity index (χ3n) is 9.87. The topological polar surface area (TPSA) is 41.8 Å². The lowest BCUT2D eigenvalue weighted by Crippen LogP contribution is -2.30. The average molecular weight is 582 g/mol. The van der Waals surface area contributed by atoms with Crippen LogP contribution in [0.15, 0.2) is 72.8 Å². The summed E-state index contributed by atoms with van der Waals surface area (Å²) in [6, 6.07) is 25.3. The first kappa shape index (κ1) is 26.9. The van der Waals surface area contributed by atoms with E-state index in [-0.39, 0.29) is 16.8 Å². The molecule has 5 nitrogen and oxygen atoms in total. The van der Waals surface area contributed by atoms with Gasteiger partial charge in [0.15, 0.2) is 13.1 Å². The number of fused-ring (bicyclic) bond motifs is 12. The Morgan fingerprint density at radius 2 is 1.50 bits per heavy atom. The number of carbonyl (C=O) groups is 1. The van der Waals surface area contributed by atoms with Crippen LogP contribution < -0.4 is 24.8 Å². The zero-order valence-electron chi connectivity index (χ0n) is 26.2. The monoisotopic (exact) mass is 581 g/mol. The highest BCUT2D eigenvalue weighted by Crippen LogP contribution is 2.53. The molecule has 3 aliphatic heterocycles. The van der Waals surface area contributed by atoms with Gasteiger partial charge in [-0.3, -0.25) is 0 Å².